The third kappa shape index (κ3) is 4.16. The van der Waals surface area contributed by atoms with E-state index >= 15 is 0 Å². The maximum absolute atomic E-state index is 11.8. The zero-order chi connectivity index (χ0) is 22.8. The molecular formula is C25H27N7O. The average molecular weight is 442 g/mol. The number of nitrogens with one attached hydrogen (secondary N) is 1. The van der Waals surface area contributed by atoms with Crippen LogP contribution < -0.4 is 10.2 Å². The number of benzene rings is 2. The topological polar surface area (TPSA) is 88.8 Å². The molecule has 33 heavy (non-hydrogen) atoms. The number of aryl methyl sites for hydroxylation is 1. The fraction of sp³-hybridized carbons (Fsp3) is 0.320. The van der Waals surface area contributed by atoms with Crippen LogP contribution in [0.2, 0.25) is 0 Å². The molecule has 1 N–H and O–H groups in total. The van der Waals surface area contributed by atoms with Gasteiger partial charge in [-0.25, -0.2) is 14.6 Å². The minimum atomic E-state index is -0.0875. The molecule has 0 spiro atoms. The Hall–Kier alpha value is -3.81. The molecule has 2 aromatic carbocycles. The first-order chi connectivity index (χ1) is 16.2. The average Bonchev–Trinajstić information content (AvgIpc) is 3.32. The van der Waals surface area contributed by atoms with E-state index in [0.29, 0.717) is 11.6 Å². The summed E-state index contributed by atoms with van der Waals surface area (Å²) in [5.41, 5.74) is 5.82. The van der Waals surface area contributed by atoms with Crippen molar-refractivity contribution < 1.29 is 4.79 Å². The summed E-state index contributed by atoms with van der Waals surface area (Å²) in [7, 11) is 1.63. The number of nitrogens with zero attached hydrogens (tertiary/aromatic N) is 6. The largest absolute Gasteiger partial charge is 0.355 e. The van der Waals surface area contributed by atoms with Crippen LogP contribution in [0.15, 0.2) is 54.9 Å². The van der Waals surface area contributed by atoms with Gasteiger partial charge < -0.3 is 10.2 Å². The number of fused-ring (bicyclic) bond motifs is 1. The van der Waals surface area contributed by atoms with Gasteiger partial charge in [-0.3, -0.25) is 4.79 Å². The molecule has 168 valence electrons. The number of amides is 1. The Morgan fingerprint density at radius 1 is 1.03 bits per heavy atom. The number of rotatable bonds is 5. The van der Waals surface area contributed by atoms with Crippen LogP contribution in [0.25, 0.3) is 22.2 Å². The second kappa shape index (κ2) is 8.97. The number of carbonyl (C=O) groups is 1. The quantitative estimate of drug-likeness (QED) is 0.509. The highest BCUT2D eigenvalue weighted by Gasteiger charge is 2.24. The Balaban J connectivity index is 1.30. The van der Waals surface area contributed by atoms with Crippen molar-refractivity contribution in [3.8, 4) is 11.1 Å². The van der Waals surface area contributed by atoms with Gasteiger partial charge in [-0.2, -0.15) is 0 Å². The van der Waals surface area contributed by atoms with E-state index in [-0.39, 0.29) is 5.91 Å². The normalized spacial score (nSPS) is 14.5. The van der Waals surface area contributed by atoms with Gasteiger partial charge in [-0.1, -0.05) is 30.3 Å². The molecule has 8 heteroatoms. The van der Waals surface area contributed by atoms with Crippen molar-refractivity contribution in [3.63, 3.8) is 0 Å². The van der Waals surface area contributed by atoms with Crippen molar-refractivity contribution in [3.05, 3.63) is 66.0 Å². The Morgan fingerprint density at radius 3 is 2.39 bits per heavy atom. The highest BCUT2D eigenvalue weighted by molar-refractivity contribution is 5.94. The van der Waals surface area contributed by atoms with Crippen LogP contribution in [0.1, 0.15) is 41.7 Å². The molecule has 0 aliphatic carbocycles. The van der Waals surface area contributed by atoms with Gasteiger partial charge in [0.15, 0.2) is 0 Å². The van der Waals surface area contributed by atoms with E-state index in [1.807, 2.05) is 36.7 Å². The van der Waals surface area contributed by atoms with E-state index < -0.39 is 0 Å². The Morgan fingerprint density at radius 2 is 1.73 bits per heavy atom. The van der Waals surface area contributed by atoms with Crippen molar-refractivity contribution in [1.82, 2.24) is 30.3 Å². The molecule has 0 atom stereocenters. The predicted molar refractivity (Wildman–Crippen MR) is 128 cm³/mol. The predicted octanol–water partition coefficient (Wildman–Crippen LogP) is 3.65. The lowest BCUT2D eigenvalue weighted by Crippen LogP contribution is -2.36. The SMILES string of the molecule is CCc1cnc(N2CCC(n3nnc4cc(-c5ccc(C(=O)NC)cc5)ccc43)CC2)nc1. The first-order valence-corrected chi connectivity index (χ1v) is 11.4. The number of hydrogen-bond donors (Lipinski definition) is 1. The molecule has 1 aliphatic rings. The smallest absolute Gasteiger partial charge is 0.251 e. The zero-order valence-corrected chi connectivity index (χ0v) is 18.9. The maximum atomic E-state index is 11.8. The fourth-order valence-electron chi connectivity index (χ4n) is 4.35. The second-order valence-electron chi connectivity index (χ2n) is 8.36. The van der Waals surface area contributed by atoms with Gasteiger partial charge in [0.2, 0.25) is 5.95 Å². The van der Waals surface area contributed by atoms with Crippen LogP contribution >= 0.6 is 0 Å². The van der Waals surface area contributed by atoms with Crippen molar-refractivity contribution in [2.24, 2.45) is 0 Å². The number of hydrogen-bond acceptors (Lipinski definition) is 6. The molecule has 1 fully saturated rings. The summed E-state index contributed by atoms with van der Waals surface area (Å²) < 4.78 is 2.06. The molecule has 0 unspecified atom stereocenters. The standard InChI is InChI=1S/C25H27N7O/c1-3-17-15-27-25(28-16-17)31-12-10-21(11-13-31)32-23-9-8-20(14-22(23)29-30-32)18-4-6-19(7-5-18)24(33)26-2/h4-9,14-16,21H,3,10-13H2,1-2H3,(H,26,33). The van der Waals surface area contributed by atoms with E-state index in [9.17, 15) is 4.79 Å². The van der Waals surface area contributed by atoms with Gasteiger partial charge in [-0.05, 0) is 60.2 Å². The molecule has 4 aromatic rings. The van der Waals surface area contributed by atoms with Crippen LogP contribution in [0, 0.1) is 0 Å². The lowest BCUT2D eigenvalue weighted by molar-refractivity contribution is 0.0963. The molecule has 2 aromatic heterocycles. The number of piperidine rings is 1. The van der Waals surface area contributed by atoms with E-state index in [0.717, 1.165) is 66.0 Å². The van der Waals surface area contributed by atoms with Crippen molar-refractivity contribution in [1.29, 1.82) is 0 Å². The summed E-state index contributed by atoms with van der Waals surface area (Å²) in [6, 6.07) is 14.1. The van der Waals surface area contributed by atoms with E-state index in [2.05, 4.69) is 60.3 Å². The van der Waals surface area contributed by atoms with Crippen LogP contribution in [0.4, 0.5) is 5.95 Å². The third-order valence-electron chi connectivity index (χ3n) is 6.37. The highest BCUT2D eigenvalue weighted by atomic mass is 16.1. The molecule has 0 radical (unpaired) electrons. The molecule has 1 saturated heterocycles. The van der Waals surface area contributed by atoms with Crippen molar-refractivity contribution >= 4 is 22.9 Å². The lowest BCUT2D eigenvalue weighted by Gasteiger charge is -2.32. The molecule has 0 saturated carbocycles. The minimum absolute atomic E-state index is 0.0875. The summed E-state index contributed by atoms with van der Waals surface area (Å²) in [5.74, 6) is 0.719. The summed E-state index contributed by atoms with van der Waals surface area (Å²) in [6.45, 7) is 3.90. The molecular weight excluding hydrogens is 414 g/mol. The summed E-state index contributed by atoms with van der Waals surface area (Å²) >= 11 is 0. The maximum Gasteiger partial charge on any atom is 0.251 e. The molecule has 0 bridgehead atoms. The molecule has 8 nitrogen and oxygen atoms in total. The van der Waals surface area contributed by atoms with Crippen molar-refractivity contribution in [2.45, 2.75) is 32.2 Å². The van der Waals surface area contributed by atoms with E-state index in [1.165, 1.54) is 0 Å². The van der Waals surface area contributed by atoms with Gasteiger partial charge in [-0.15, -0.1) is 5.10 Å². The Labute approximate surface area is 192 Å². The Bertz CT molecular complexity index is 1260. The zero-order valence-electron chi connectivity index (χ0n) is 18.9. The van der Waals surface area contributed by atoms with Gasteiger partial charge in [0.25, 0.3) is 5.91 Å². The number of carbonyl (C=O) groups excluding carboxylic acids is 1. The van der Waals surface area contributed by atoms with E-state index in [4.69, 9.17) is 0 Å². The third-order valence-corrected chi connectivity index (χ3v) is 6.37. The molecule has 1 amide bonds. The van der Waals surface area contributed by atoms with Crippen LogP contribution in [0.5, 0.6) is 0 Å². The molecule has 5 rings (SSSR count). The first-order valence-electron chi connectivity index (χ1n) is 11.4. The van der Waals surface area contributed by atoms with Crippen LogP contribution in [0.3, 0.4) is 0 Å². The highest BCUT2D eigenvalue weighted by Crippen LogP contribution is 2.29. The van der Waals surface area contributed by atoms with Crippen LogP contribution in [-0.2, 0) is 6.42 Å². The van der Waals surface area contributed by atoms with Gasteiger partial charge in [0, 0.05) is 38.1 Å². The van der Waals surface area contributed by atoms with Crippen molar-refractivity contribution in [2.75, 3.05) is 25.0 Å². The van der Waals surface area contributed by atoms with Gasteiger partial charge >= 0.3 is 0 Å². The molecule has 1 aliphatic heterocycles. The molecule has 3 heterocycles. The summed E-state index contributed by atoms with van der Waals surface area (Å²) in [5, 5.41) is 11.6. The lowest BCUT2D eigenvalue weighted by atomic mass is 10.0. The monoisotopic (exact) mass is 441 g/mol. The second-order valence-corrected chi connectivity index (χ2v) is 8.36. The number of anilines is 1. The summed E-state index contributed by atoms with van der Waals surface area (Å²) in [6.07, 6.45) is 6.73. The Kier molecular flexibility index (Phi) is 5.73. The minimum Gasteiger partial charge on any atom is -0.355 e. The van der Waals surface area contributed by atoms with Gasteiger partial charge in [0.05, 0.1) is 11.6 Å². The summed E-state index contributed by atoms with van der Waals surface area (Å²) in [4.78, 5) is 23.1. The van der Waals surface area contributed by atoms with E-state index in [1.54, 1.807) is 7.05 Å². The first kappa shape index (κ1) is 21.1. The number of aromatic nitrogens is 5. The fourth-order valence-corrected chi connectivity index (χ4v) is 4.35. The van der Waals surface area contributed by atoms with Gasteiger partial charge in [0.1, 0.15) is 5.52 Å². The van der Waals surface area contributed by atoms with Crippen LogP contribution in [-0.4, -0.2) is 51.0 Å².